The van der Waals surface area contributed by atoms with Crippen LogP contribution in [0, 0.1) is 0 Å². The minimum atomic E-state index is -1.14. The van der Waals surface area contributed by atoms with Gasteiger partial charge in [0, 0.05) is 0 Å². The zero-order valence-corrected chi connectivity index (χ0v) is 15.9. The lowest BCUT2D eigenvalue weighted by molar-refractivity contribution is -0.131. The van der Waals surface area contributed by atoms with E-state index in [1.54, 1.807) is 50.2 Å². The number of fused-ring (bicyclic) bond motifs is 1. The standard InChI is InChI=1S/C21H22N2O5/c1-13(28-19(26)15-10-8-14(12-24)9-11-15)18(25)23-17-7-5-4-6-16(17)22-20(27)21(23,2)3/h4-11,13,24H,12H2,1-3H3,(H,22,27)/t13-/m0/s1. The van der Waals surface area contributed by atoms with Crippen molar-refractivity contribution in [1.29, 1.82) is 0 Å². The summed E-state index contributed by atoms with van der Waals surface area (Å²) < 4.78 is 5.34. The maximum Gasteiger partial charge on any atom is 0.338 e. The Labute approximate surface area is 162 Å². The quantitative estimate of drug-likeness (QED) is 0.792. The van der Waals surface area contributed by atoms with Gasteiger partial charge in [-0.25, -0.2) is 4.79 Å². The van der Waals surface area contributed by atoms with Crippen molar-refractivity contribution >= 4 is 29.2 Å². The molecule has 0 saturated carbocycles. The first-order valence-corrected chi connectivity index (χ1v) is 8.91. The van der Waals surface area contributed by atoms with Gasteiger partial charge in [0.15, 0.2) is 6.10 Å². The summed E-state index contributed by atoms with van der Waals surface area (Å²) in [4.78, 5) is 39.4. The van der Waals surface area contributed by atoms with E-state index in [4.69, 9.17) is 9.84 Å². The zero-order valence-electron chi connectivity index (χ0n) is 15.9. The molecule has 0 saturated heterocycles. The summed E-state index contributed by atoms with van der Waals surface area (Å²) in [6, 6.07) is 13.2. The number of amides is 2. The average molecular weight is 382 g/mol. The highest BCUT2D eigenvalue weighted by atomic mass is 16.5. The van der Waals surface area contributed by atoms with Crippen LogP contribution in [0.5, 0.6) is 0 Å². The van der Waals surface area contributed by atoms with E-state index in [0.29, 0.717) is 16.9 Å². The van der Waals surface area contributed by atoms with Crippen molar-refractivity contribution < 1.29 is 24.2 Å². The number of esters is 1. The van der Waals surface area contributed by atoms with Crippen molar-refractivity contribution in [2.75, 3.05) is 10.2 Å². The normalized spacial score (nSPS) is 16.0. The molecule has 2 aromatic carbocycles. The van der Waals surface area contributed by atoms with Crippen molar-refractivity contribution in [3.05, 3.63) is 59.7 Å². The molecule has 0 unspecified atom stereocenters. The molecule has 1 atom stereocenters. The van der Waals surface area contributed by atoms with Crippen LogP contribution in [0.1, 0.15) is 36.7 Å². The highest BCUT2D eigenvalue weighted by molar-refractivity contribution is 6.15. The van der Waals surface area contributed by atoms with Crippen molar-refractivity contribution in [2.45, 2.75) is 39.0 Å². The van der Waals surface area contributed by atoms with Gasteiger partial charge in [-0.2, -0.15) is 0 Å². The molecule has 2 N–H and O–H groups in total. The number of anilines is 2. The number of nitrogens with one attached hydrogen (secondary N) is 1. The fourth-order valence-corrected chi connectivity index (χ4v) is 3.05. The highest BCUT2D eigenvalue weighted by Crippen LogP contribution is 2.37. The first-order chi connectivity index (χ1) is 13.3. The second-order valence-electron chi connectivity index (χ2n) is 7.11. The van der Waals surface area contributed by atoms with Crippen LogP contribution in [0.4, 0.5) is 11.4 Å². The second-order valence-corrected chi connectivity index (χ2v) is 7.11. The summed E-state index contributed by atoms with van der Waals surface area (Å²) in [6.45, 7) is 4.62. The van der Waals surface area contributed by atoms with Crippen molar-refractivity contribution in [2.24, 2.45) is 0 Å². The van der Waals surface area contributed by atoms with Gasteiger partial charge in [0.1, 0.15) is 5.54 Å². The molecule has 1 heterocycles. The predicted molar refractivity (Wildman–Crippen MR) is 104 cm³/mol. The Bertz CT molecular complexity index is 921. The number of rotatable bonds is 4. The third-order valence-corrected chi connectivity index (χ3v) is 4.73. The van der Waals surface area contributed by atoms with Crippen molar-refractivity contribution in [3.63, 3.8) is 0 Å². The maximum absolute atomic E-state index is 13.1. The molecule has 3 rings (SSSR count). The molecule has 2 aromatic rings. The van der Waals surface area contributed by atoms with E-state index >= 15 is 0 Å². The molecule has 0 aliphatic carbocycles. The summed E-state index contributed by atoms with van der Waals surface area (Å²) >= 11 is 0. The van der Waals surface area contributed by atoms with Gasteiger partial charge in [0.25, 0.3) is 5.91 Å². The number of aliphatic hydroxyl groups excluding tert-OH is 1. The van der Waals surface area contributed by atoms with Gasteiger partial charge in [0.05, 0.1) is 23.5 Å². The molecule has 1 aliphatic heterocycles. The summed E-state index contributed by atoms with van der Waals surface area (Å²) in [5, 5.41) is 11.9. The van der Waals surface area contributed by atoms with Gasteiger partial charge in [-0.1, -0.05) is 24.3 Å². The Kier molecular flexibility index (Phi) is 5.20. The first-order valence-electron chi connectivity index (χ1n) is 8.91. The van der Waals surface area contributed by atoms with Crippen LogP contribution in [0.25, 0.3) is 0 Å². The molecule has 0 radical (unpaired) electrons. The molecule has 0 fully saturated rings. The largest absolute Gasteiger partial charge is 0.449 e. The summed E-state index contributed by atoms with van der Waals surface area (Å²) in [7, 11) is 0. The van der Waals surface area contributed by atoms with E-state index in [1.807, 2.05) is 0 Å². The minimum Gasteiger partial charge on any atom is -0.449 e. The molecule has 146 valence electrons. The van der Waals surface area contributed by atoms with E-state index in [9.17, 15) is 14.4 Å². The van der Waals surface area contributed by atoms with Crippen LogP contribution in [-0.4, -0.2) is 34.5 Å². The van der Waals surface area contributed by atoms with Gasteiger partial charge >= 0.3 is 5.97 Å². The number of nitrogens with zero attached hydrogens (tertiary/aromatic N) is 1. The lowest BCUT2D eigenvalue weighted by Gasteiger charge is -2.42. The fourth-order valence-electron chi connectivity index (χ4n) is 3.05. The average Bonchev–Trinajstić information content (AvgIpc) is 2.68. The van der Waals surface area contributed by atoms with Crippen LogP contribution < -0.4 is 10.2 Å². The smallest absolute Gasteiger partial charge is 0.338 e. The molecule has 2 amide bonds. The minimum absolute atomic E-state index is 0.129. The lowest BCUT2D eigenvalue weighted by atomic mass is 9.95. The molecule has 1 aliphatic rings. The molecule has 7 nitrogen and oxygen atoms in total. The maximum atomic E-state index is 13.1. The number of para-hydroxylation sites is 2. The third-order valence-electron chi connectivity index (χ3n) is 4.73. The number of aliphatic hydroxyl groups is 1. The van der Waals surface area contributed by atoms with Crippen LogP contribution in [-0.2, 0) is 20.9 Å². The predicted octanol–water partition coefficient (Wildman–Crippen LogP) is 2.49. The Morgan fingerprint density at radius 3 is 2.43 bits per heavy atom. The van der Waals surface area contributed by atoms with Gasteiger partial charge in [-0.05, 0) is 50.6 Å². The molecule has 0 aromatic heterocycles. The lowest BCUT2D eigenvalue weighted by Crippen LogP contribution is -2.60. The number of carbonyl (C=O) groups is 3. The van der Waals surface area contributed by atoms with Crippen molar-refractivity contribution in [3.8, 4) is 0 Å². The molecule has 7 heteroatoms. The summed E-state index contributed by atoms with van der Waals surface area (Å²) in [5.41, 5.74) is 0.867. The van der Waals surface area contributed by atoms with Gasteiger partial charge in [-0.3, -0.25) is 14.5 Å². The van der Waals surface area contributed by atoms with E-state index in [2.05, 4.69) is 5.32 Å². The first kappa shape index (κ1) is 19.6. The number of carbonyl (C=O) groups excluding carboxylic acids is 3. The number of hydrogen-bond donors (Lipinski definition) is 2. The van der Waals surface area contributed by atoms with E-state index in [1.165, 1.54) is 24.0 Å². The third kappa shape index (κ3) is 3.48. The fraction of sp³-hybridized carbons (Fsp3) is 0.286. The van der Waals surface area contributed by atoms with E-state index in [0.717, 1.165) is 0 Å². The van der Waals surface area contributed by atoms with E-state index in [-0.39, 0.29) is 18.1 Å². The number of ether oxygens (including phenoxy) is 1. The SMILES string of the molecule is C[C@H](OC(=O)c1ccc(CO)cc1)C(=O)N1c2ccccc2NC(=O)C1(C)C. The van der Waals surface area contributed by atoms with Crippen LogP contribution in [0.3, 0.4) is 0 Å². The van der Waals surface area contributed by atoms with E-state index < -0.39 is 23.5 Å². The molecule has 0 spiro atoms. The monoisotopic (exact) mass is 382 g/mol. The molecule has 0 bridgehead atoms. The Balaban J connectivity index is 1.83. The zero-order chi connectivity index (χ0) is 20.5. The molecule has 28 heavy (non-hydrogen) atoms. The van der Waals surface area contributed by atoms with Gasteiger partial charge in [0.2, 0.25) is 5.91 Å². The topological polar surface area (TPSA) is 95.9 Å². The van der Waals surface area contributed by atoms with Crippen LogP contribution in [0.15, 0.2) is 48.5 Å². The number of hydrogen-bond acceptors (Lipinski definition) is 5. The Morgan fingerprint density at radius 1 is 1.14 bits per heavy atom. The highest BCUT2D eigenvalue weighted by Gasteiger charge is 2.45. The molecular weight excluding hydrogens is 360 g/mol. The van der Waals surface area contributed by atoms with Gasteiger partial charge in [-0.15, -0.1) is 0 Å². The molecular formula is C21H22N2O5. The van der Waals surface area contributed by atoms with Crippen LogP contribution in [0.2, 0.25) is 0 Å². The van der Waals surface area contributed by atoms with Crippen LogP contribution >= 0.6 is 0 Å². The number of benzene rings is 2. The second kappa shape index (κ2) is 7.44. The summed E-state index contributed by atoms with van der Waals surface area (Å²) in [6.07, 6.45) is -1.09. The Morgan fingerprint density at radius 2 is 1.79 bits per heavy atom. The van der Waals surface area contributed by atoms with Crippen molar-refractivity contribution in [1.82, 2.24) is 0 Å². The Hall–Kier alpha value is -3.19. The summed E-state index contributed by atoms with van der Waals surface area (Å²) in [5.74, 6) is -1.47. The van der Waals surface area contributed by atoms with Gasteiger partial charge < -0.3 is 15.2 Å².